The molecule has 0 spiro atoms. The molecule has 0 saturated heterocycles. The standard InChI is InChI=1S/C15H17FN2.C13H23ClF2O2.2C2H6.C2H2.CH5P/c1-12-6-4-2-3-5-7-15(12)18(17)14-10-8-13(16)9-11-14;1-4-6-11(14)8-5-7-10(2)18-9-13(3,17)12(15)16;4*1-2/h3-6,8-11H,2,7,17H2,1H3;8,10,12,17H,4-7,9H2,1-3H3;2*1-2H3;1-2H;2H2,1H3/b5-3?,6-4-,15-12+;11-8+;;;;. The summed E-state index contributed by atoms with van der Waals surface area (Å²) in [5, 5.41) is 11.8. The zero-order chi connectivity index (χ0) is 35.1. The molecule has 4 nitrogen and oxygen atoms in total. The van der Waals surface area contributed by atoms with E-state index in [9.17, 15) is 18.3 Å². The van der Waals surface area contributed by atoms with E-state index in [0.29, 0.717) is 6.42 Å². The van der Waals surface area contributed by atoms with E-state index in [1.54, 1.807) is 24.1 Å². The summed E-state index contributed by atoms with van der Waals surface area (Å²) in [5.74, 6) is 5.86. The molecule has 1 aliphatic rings. The van der Waals surface area contributed by atoms with Crippen LogP contribution in [-0.4, -0.2) is 36.5 Å². The van der Waals surface area contributed by atoms with E-state index in [2.05, 4.69) is 46.4 Å². The Balaban J connectivity index is -0.000000296. The van der Waals surface area contributed by atoms with E-state index in [4.69, 9.17) is 22.2 Å². The predicted molar refractivity (Wildman–Crippen MR) is 192 cm³/mol. The van der Waals surface area contributed by atoms with Gasteiger partial charge in [0.05, 0.1) is 18.4 Å². The monoisotopic (exact) mass is 662 g/mol. The van der Waals surface area contributed by atoms with Crippen LogP contribution in [0.3, 0.4) is 0 Å². The van der Waals surface area contributed by atoms with Gasteiger partial charge in [0.15, 0.2) is 0 Å². The maximum absolute atomic E-state index is 12.9. The van der Waals surface area contributed by atoms with E-state index >= 15 is 0 Å². The van der Waals surface area contributed by atoms with Crippen molar-refractivity contribution in [2.45, 2.75) is 112 Å². The third-order valence-electron chi connectivity index (χ3n) is 5.53. The Hall–Kier alpha value is -2.07. The number of aliphatic hydroxyl groups is 1. The minimum Gasteiger partial charge on any atom is -0.382 e. The summed E-state index contributed by atoms with van der Waals surface area (Å²) in [4.78, 5) is 0. The van der Waals surface area contributed by atoms with Crippen molar-refractivity contribution in [3.05, 3.63) is 76.8 Å². The number of rotatable bonds is 11. The molecule has 0 bridgehead atoms. The van der Waals surface area contributed by atoms with Gasteiger partial charge in [0.2, 0.25) is 0 Å². The molecule has 1 aromatic carbocycles. The van der Waals surface area contributed by atoms with Gasteiger partial charge in [0.25, 0.3) is 6.43 Å². The number of alkyl halides is 2. The number of terminal acetylenes is 1. The SMILES string of the molecule is C#C.CC.CC.CC1=C(\N(N)c2ccc(F)cc2)CC=CC/C=C\1.CCC/C(Cl)=C\CCC(C)OCC(C)(O)C(F)F.CP. The third-order valence-corrected chi connectivity index (χ3v) is 5.87. The highest BCUT2D eigenvalue weighted by molar-refractivity contribution is 7.15. The van der Waals surface area contributed by atoms with Crippen LogP contribution in [0, 0.1) is 18.7 Å². The third kappa shape index (κ3) is 24.3. The molecule has 0 aromatic heterocycles. The average molecular weight is 663 g/mol. The Bertz CT molecular complexity index is 947. The summed E-state index contributed by atoms with van der Waals surface area (Å²) in [7, 11) is 2.42. The first-order chi connectivity index (χ1) is 21.0. The first-order valence-corrected chi connectivity index (χ1v) is 16.7. The van der Waals surface area contributed by atoms with Crippen LogP contribution in [0.25, 0.3) is 0 Å². The van der Waals surface area contributed by atoms with Crippen molar-refractivity contribution in [1.82, 2.24) is 0 Å². The summed E-state index contributed by atoms with van der Waals surface area (Å²) >= 11 is 5.94. The van der Waals surface area contributed by atoms with Crippen molar-refractivity contribution in [1.29, 1.82) is 0 Å². The Morgan fingerprint density at radius 3 is 2.18 bits per heavy atom. The molecule has 0 saturated carbocycles. The normalized spacial score (nSPS) is 16.5. The number of ether oxygens (including phenoxy) is 1. The molecular formula is C35H59ClF3N2O2P. The molecule has 0 radical (unpaired) electrons. The lowest BCUT2D eigenvalue weighted by Crippen LogP contribution is -2.39. The first kappa shape index (κ1) is 48.8. The number of hydrogen-bond acceptors (Lipinski definition) is 4. The highest BCUT2D eigenvalue weighted by atomic mass is 35.5. The number of hydrogen-bond donors (Lipinski definition) is 2. The number of anilines is 1. The second-order valence-corrected chi connectivity index (χ2v) is 9.53. The zero-order valence-corrected chi connectivity index (χ0v) is 30.3. The second-order valence-electron chi connectivity index (χ2n) is 9.05. The van der Waals surface area contributed by atoms with Gasteiger partial charge in [-0.1, -0.05) is 89.7 Å². The lowest BCUT2D eigenvalue weighted by Gasteiger charge is -2.24. The summed E-state index contributed by atoms with van der Waals surface area (Å²) in [6.45, 7) is 16.5. The summed E-state index contributed by atoms with van der Waals surface area (Å²) in [6, 6.07) is 6.20. The minimum atomic E-state index is -2.80. The summed E-state index contributed by atoms with van der Waals surface area (Å²) in [5.41, 5.74) is 0.859. The van der Waals surface area contributed by atoms with Crippen LogP contribution in [0.4, 0.5) is 18.9 Å². The van der Waals surface area contributed by atoms with E-state index in [1.807, 2.05) is 54.3 Å². The molecule has 1 aromatic rings. The van der Waals surface area contributed by atoms with E-state index in [1.165, 1.54) is 12.1 Å². The number of halogens is 4. The lowest BCUT2D eigenvalue weighted by molar-refractivity contribution is -0.136. The molecule has 254 valence electrons. The fraction of sp³-hybridized carbons (Fsp3) is 0.543. The Morgan fingerprint density at radius 1 is 1.14 bits per heavy atom. The van der Waals surface area contributed by atoms with Gasteiger partial charge in [0, 0.05) is 17.2 Å². The number of hydrazine groups is 1. The first-order valence-electron chi connectivity index (χ1n) is 15.2. The van der Waals surface area contributed by atoms with Gasteiger partial charge in [-0.15, -0.1) is 22.1 Å². The summed E-state index contributed by atoms with van der Waals surface area (Å²) < 4.78 is 42.8. The molecule has 1 aliphatic carbocycles. The Morgan fingerprint density at radius 2 is 1.68 bits per heavy atom. The van der Waals surface area contributed by atoms with E-state index in [0.717, 1.165) is 61.0 Å². The van der Waals surface area contributed by atoms with Crippen LogP contribution < -0.4 is 10.9 Å². The molecular weight excluding hydrogens is 604 g/mol. The summed E-state index contributed by atoms with van der Waals surface area (Å²) in [6.07, 6.45) is 20.4. The lowest BCUT2D eigenvalue weighted by atomic mass is 10.1. The van der Waals surface area contributed by atoms with Gasteiger partial charge in [-0.3, -0.25) is 5.01 Å². The second kappa shape index (κ2) is 32.3. The maximum Gasteiger partial charge on any atom is 0.268 e. The topological polar surface area (TPSA) is 58.7 Å². The quantitative estimate of drug-likeness (QED) is 0.0814. The number of nitrogens with two attached hydrogens (primary N) is 1. The van der Waals surface area contributed by atoms with Gasteiger partial charge in [0.1, 0.15) is 11.4 Å². The van der Waals surface area contributed by atoms with Crippen molar-refractivity contribution in [2.75, 3.05) is 18.3 Å². The van der Waals surface area contributed by atoms with Crippen molar-refractivity contribution in [3.63, 3.8) is 0 Å². The molecule has 44 heavy (non-hydrogen) atoms. The molecule has 0 fully saturated rings. The van der Waals surface area contributed by atoms with Crippen molar-refractivity contribution in [3.8, 4) is 12.8 Å². The number of benzene rings is 1. The fourth-order valence-corrected chi connectivity index (χ4v) is 3.49. The molecule has 0 aliphatic heterocycles. The molecule has 3 N–H and O–H groups in total. The van der Waals surface area contributed by atoms with Gasteiger partial charge in [-0.25, -0.2) is 19.0 Å². The fourth-order valence-electron chi connectivity index (χ4n) is 3.19. The predicted octanol–water partition coefficient (Wildman–Crippen LogP) is 10.6. The Kier molecular flexibility index (Phi) is 35.9. The Labute approximate surface area is 274 Å². The smallest absolute Gasteiger partial charge is 0.268 e. The molecule has 9 heteroatoms. The van der Waals surface area contributed by atoms with Gasteiger partial charge < -0.3 is 9.84 Å². The molecule has 0 amide bonds. The van der Waals surface area contributed by atoms with Gasteiger partial charge >= 0.3 is 0 Å². The van der Waals surface area contributed by atoms with Crippen LogP contribution in [0.5, 0.6) is 0 Å². The number of nitrogens with zero attached hydrogens (tertiary/aromatic N) is 1. The highest BCUT2D eigenvalue weighted by Crippen LogP contribution is 2.23. The van der Waals surface area contributed by atoms with Crippen LogP contribution in [-0.2, 0) is 4.74 Å². The average Bonchev–Trinajstić information content (AvgIpc) is 3.03. The minimum absolute atomic E-state index is 0.183. The van der Waals surface area contributed by atoms with Crippen LogP contribution in [0.2, 0.25) is 0 Å². The molecule has 0 heterocycles. The maximum atomic E-state index is 12.9. The zero-order valence-electron chi connectivity index (χ0n) is 28.4. The van der Waals surface area contributed by atoms with Gasteiger partial charge in [-0.05, 0) is 76.3 Å². The molecule has 3 atom stereocenters. The molecule has 2 rings (SSSR count). The highest BCUT2D eigenvalue weighted by Gasteiger charge is 2.32. The van der Waals surface area contributed by atoms with E-state index in [-0.39, 0.29) is 18.5 Å². The molecule has 3 unspecified atom stereocenters. The van der Waals surface area contributed by atoms with Gasteiger partial charge in [-0.2, -0.15) is 0 Å². The number of allylic oxidation sites excluding steroid dienone is 7. The van der Waals surface area contributed by atoms with Crippen LogP contribution in [0.1, 0.15) is 93.9 Å². The van der Waals surface area contributed by atoms with E-state index < -0.39 is 12.0 Å². The van der Waals surface area contributed by atoms with Crippen LogP contribution in [0.15, 0.2) is 70.9 Å². The van der Waals surface area contributed by atoms with Crippen molar-refractivity contribution >= 4 is 26.5 Å². The van der Waals surface area contributed by atoms with Crippen molar-refractivity contribution in [2.24, 2.45) is 5.84 Å². The van der Waals surface area contributed by atoms with Crippen molar-refractivity contribution < 1.29 is 23.0 Å². The largest absolute Gasteiger partial charge is 0.382 e. The van der Waals surface area contributed by atoms with Crippen LogP contribution >= 0.6 is 20.8 Å².